The second kappa shape index (κ2) is 18.7. The maximum Gasteiger partial charge on any atom is 0.0540 e. The number of fused-ring (bicyclic) bond motifs is 2. The largest absolute Gasteiger partial charge is 0.310 e. The smallest absolute Gasteiger partial charge is 0.0540 e. The van der Waals surface area contributed by atoms with E-state index in [9.17, 15) is 0 Å². The van der Waals surface area contributed by atoms with Crippen LogP contribution in [-0.4, -0.2) is 0 Å². The molecule has 1 heteroatoms. The predicted octanol–water partition coefficient (Wildman–Crippen LogP) is 20.2. The van der Waals surface area contributed by atoms with Gasteiger partial charge in [0.15, 0.2) is 0 Å². The monoisotopic (exact) mass is 915 g/mol. The Labute approximate surface area is 421 Å². The number of rotatable bonds is 9. The summed E-state index contributed by atoms with van der Waals surface area (Å²) in [4.78, 5) is 2.46. The van der Waals surface area contributed by atoms with Crippen molar-refractivity contribution in [1.29, 1.82) is 0 Å². The topological polar surface area (TPSA) is 3.24 Å². The van der Waals surface area contributed by atoms with Crippen molar-refractivity contribution in [3.05, 3.63) is 259 Å². The molecule has 1 aliphatic rings. The van der Waals surface area contributed by atoms with Gasteiger partial charge in [0.05, 0.1) is 5.69 Å². The summed E-state index contributed by atoms with van der Waals surface area (Å²) in [5, 5.41) is 5.08. The number of benzene rings is 10. The van der Waals surface area contributed by atoms with Crippen molar-refractivity contribution in [2.75, 3.05) is 4.90 Å². The Hall–Kier alpha value is -8.00. The van der Waals surface area contributed by atoms with E-state index in [1.165, 1.54) is 93.9 Å². The highest BCUT2D eigenvalue weighted by Crippen LogP contribution is 2.49. The predicted molar refractivity (Wildman–Crippen MR) is 306 cm³/mol. The molecule has 1 aliphatic carbocycles. The average Bonchev–Trinajstić information content (AvgIpc) is 3.41. The lowest BCUT2D eigenvalue weighted by Crippen LogP contribution is -2.20. The molecule has 0 amide bonds. The van der Waals surface area contributed by atoms with Crippen LogP contribution in [0.15, 0.2) is 254 Å². The Morgan fingerprint density at radius 3 is 1.58 bits per heavy atom. The molecule has 0 N–H and O–H groups in total. The quantitative estimate of drug-likeness (QED) is 0.139. The van der Waals surface area contributed by atoms with Crippen LogP contribution < -0.4 is 4.90 Å². The van der Waals surface area contributed by atoms with Crippen molar-refractivity contribution in [3.8, 4) is 55.6 Å². The van der Waals surface area contributed by atoms with Crippen LogP contribution in [0.3, 0.4) is 0 Å². The SMILES string of the molecule is CC(C)(C)C1=CC(c2cccc3cccc(-c4ccccc4N(c4ccc(-c5ccc(-c6ccccc6)c(-c6ccccc6)c5)cc4)c4ccc(-c5cccc6ccccc56)cc4)c23)CC(C(C)(C)C)=C1. The highest BCUT2D eigenvalue weighted by Gasteiger charge is 2.30. The first-order valence-corrected chi connectivity index (χ1v) is 25.3. The standard InChI is InChI=1S/C70H61N/c1-69(2,3)56-44-55(45-57(47-56)70(4,5)6)63-31-18-26-53-27-19-32-65(68(53)63)64-29-15-16-33-67(64)71(59-41-36-52(37-42-59)61-30-17-25-50-24-13-14-28-60(50)61)58-39-34-48(35-40-58)54-38-43-62(49-20-9-7-10-21-49)66(46-54)51-22-11-8-12-23-51/h7-44,46-47,55H,45H2,1-6H3. The minimum Gasteiger partial charge on any atom is -0.310 e. The number of nitrogens with zero attached hydrogens (tertiary/aromatic N) is 1. The van der Waals surface area contributed by atoms with Crippen molar-refractivity contribution in [1.82, 2.24) is 0 Å². The Morgan fingerprint density at radius 2 is 0.901 bits per heavy atom. The Kier molecular flexibility index (Phi) is 12.0. The molecule has 1 unspecified atom stereocenters. The molecule has 0 heterocycles. The van der Waals surface area contributed by atoms with Gasteiger partial charge in [-0.15, -0.1) is 0 Å². The van der Waals surface area contributed by atoms with Gasteiger partial charge in [-0.05, 0) is 136 Å². The zero-order chi connectivity index (χ0) is 48.7. The van der Waals surface area contributed by atoms with Crippen molar-refractivity contribution >= 4 is 38.6 Å². The van der Waals surface area contributed by atoms with Crippen molar-refractivity contribution in [3.63, 3.8) is 0 Å². The highest BCUT2D eigenvalue weighted by atomic mass is 15.1. The minimum absolute atomic E-state index is 0.0319. The molecule has 0 radical (unpaired) electrons. The number of anilines is 3. The summed E-state index contributed by atoms with van der Waals surface area (Å²) in [6.07, 6.45) is 6.06. The maximum absolute atomic E-state index is 2.57. The average molecular weight is 916 g/mol. The van der Waals surface area contributed by atoms with Gasteiger partial charge in [0.2, 0.25) is 0 Å². The summed E-state index contributed by atoms with van der Waals surface area (Å²) >= 11 is 0. The third-order valence-corrected chi connectivity index (χ3v) is 14.6. The molecule has 71 heavy (non-hydrogen) atoms. The van der Waals surface area contributed by atoms with Gasteiger partial charge in [-0.2, -0.15) is 0 Å². The van der Waals surface area contributed by atoms with Crippen LogP contribution in [0.4, 0.5) is 17.1 Å². The molecule has 0 spiro atoms. The molecule has 0 bridgehead atoms. The van der Waals surface area contributed by atoms with Gasteiger partial charge in [0.1, 0.15) is 0 Å². The lowest BCUT2D eigenvalue weighted by molar-refractivity contribution is 0.455. The molecule has 0 saturated carbocycles. The first kappa shape index (κ1) is 45.4. The van der Waals surface area contributed by atoms with Gasteiger partial charge in [0.25, 0.3) is 0 Å². The normalized spacial score (nSPS) is 14.0. The number of hydrogen-bond acceptors (Lipinski definition) is 1. The van der Waals surface area contributed by atoms with Gasteiger partial charge in [-0.3, -0.25) is 0 Å². The second-order valence-electron chi connectivity index (χ2n) is 21.3. The van der Waals surface area contributed by atoms with Crippen molar-refractivity contribution in [2.45, 2.75) is 53.9 Å². The van der Waals surface area contributed by atoms with Crippen LogP contribution in [0.1, 0.15) is 59.4 Å². The van der Waals surface area contributed by atoms with Gasteiger partial charge in [-0.25, -0.2) is 0 Å². The van der Waals surface area contributed by atoms with E-state index in [2.05, 4.69) is 289 Å². The molecule has 10 aromatic rings. The summed E-state index contributed by atoms with van der Waals surface area (Å²) in [5.41, 5.74) is 19.8. The summed E-state index contributed by atoms with van der Waals surface area (Å²) in [5.74, 6) is 0.245. The molecule has 0 aromatic heterocycles. The summed E-state index contributed by atoms with van der Waals surface area (Å²) < 4.78 is 0. The van der Waals surface area contributed by atoms with Crippen LogP contribution >= 0.6 is 0 Å². The molecule has 1 atom stereocenters. The van der Waals surface area contributed by atoms with Gasteiger partial charge >= 0.3 is 0 Å². The third-order valence-electron chi connectivity index (χ3n) is 14.6. The summed E-state index contributed by atoms with van der Waals surface area (Å²) in [7, 11) is 0. The van der Waals surface area contributed by atoms with Crippen LogP contribution in [0.25, 0.3) is 77.2 Å². The van der Waals surface area contributed by atoms with Crippen LogP contribution in [-0.2, 0) is 0 Å². The Balaban J connectivity index is 1.06. The molecule has 1 nitrogen and oxygen atoms in total. The fourth-order valence-electron chi connectivity index (χ4n) is 10.7. The molecule has 0 fully saturated rings. The Bertz CT molecular complexity index is 3590. The first-order valence-electron chi connectivity index (χ1n) is 25.3. The molecule has 11 rings (SSSR count). The van der Waals surface area contributed by atoms with Crippen LogP contribution in [0.2, 0.25) is 0 Å². The van der Waals surface area contributed by atoms with Crippen LogP contribution in [0.5, 0.6) is 0 Å². The minimum atomic E-state index is 0.0319. The lowest BCUT2D eigenvalue weighted by Gasteiger charge is -2.35. The molecule has 346 valence electrons. The number of allylic oxidation sites excluding steroid dienone is 4. The van der Waals surface area contributed by atoms with E-state index in [0.717, 1.165) is 23.5 Å². The highest BCUT2D eigenvalue weighted by molar-refractivity contribution is 6.04. The fraction of sp³-hybridized carbons (Fsp3) is 0.143. The summed E-state index contributed by atoms with van der Waals surface area (Å²) in [6.45, 7) is 14.1. The van der Waals surface area contributed by atoms with E-state index in [1.54, 1.807) is 0 Å². The van der Waals surface area contributed by atoms with Gasteiger partial charge < -0.3 is 4.90 Å². The summed E-state index contributed by atoms with van der Waals surface area (Å²) in [6, 6.07) is 84.9. The molecule has 0 saturated heterocycles. The van der Waals surface area contributed by atoms with E-state index < -0.39 is 0 Å². The number of hydrogen-bond donors (Lipinski definition) is 0. The zero-order valence-corrected chi connectivity index (χ0v) is 41.8. The second-order valence-corrected chi connectivity index (χ2v) is 21.3. The van der Waals surface area contributed by atoms with E-state index in [0.29, 0.717) is 0 Å². The van der Waals surface area contributed by atoms with E-state index >= 15 is 0 Å². The van der Waals surface area contributed by atoms with Gasteiger partial charge in [-0.1, -0.05) is 253 Å². The van der Waals surface area contributed by atoms with Crippen molar-refractivity contribution in [2.24, 2.45) is 10.8 Å². The first-order chi connectivity index (χ1) is 34.5. The van der Waals surface area contributed by atoms with E-state index in [4.69, 9.17) is 0 Å². The molecule has 10 aromatic carbocycles. The molecule has 0 aliphatic heterocycles. The molecular formula is C70H61N. The van der Waals surface area contributed by atoms with E-state index in [1.807, 2.05) is 0 Å². The van der Waals surface area contributed by atoms with Crippen molar-refractivity contribution < 1.29 is 0 Å². The third kappa shape index (κ3) is 9.06. The fourth-order valence-corrected chi connectivity index (χ4v) is 10.7. The van der Waals surface area contributed by atoms with Gasteiger partial charge in [0, 0.05) is 22.9 Å². The molecular weight excluding hydrogens is 855 g/mol. The van der Waals surface area contributed by atoms with E-state index in [-0.39, 0.29) is 16.7 Å². The maximum atomic E-state index is 2.57. The number of para-hydroxylation sites is 1. The van der Waals surface area contributed by atoms with Crippen LogP contribution in [0, 0.1) is 10.8 Å². The Morgan fingerprint density at radius 1 is 0.380 bits per heavy atom. The zero-order valence-electron chi connectivity index (χ0n) is 41.8. The lowest BCUT2D eigenvalue weighted by atomic mass is 9.70.